The molecule has 1 aromatic heterocycles. The Kier molecular flexibility index (Phi) is 9.92. The van der Waals surface area contributed by atoms with Gasteiger partial charge in [-0.2, -0.15) is 11.8 Å². The lowest BCUT2D eigenvalue weighted by molar-refractivity contribution is -0.140. The molecular weight excluding hydrogens is 538 g/mol. The van der Waals surface area contributed by atoms with Gasteiger partial charge < -0.3 is 10.2 Å². The molecule has 2 atom stereocenters. The Labute approximate surface area is 245 Å². The lowest BCUT2D eigenvalue weighted by Crippen LogP contribution is -2.18. The van der Waals surface area contributed by atoms with Crippen molar-refractivity contribution in [1.29, 1.82) is 0 Å². The zero-order valence-electron chi connectivity index (χ0n) is 23.0. The highest BCUT2D eigenvalue weighted by molar-refractivity contribution is 7.99. The predicted octanol–water partition coefficient (Wildman–Crippen LogP) is 8.03. The second-order valence-corrected chi connectivity index (χ2v) is 12.1. The Morgan fingerprint density at radius 1 is 1.02 bits per heavy atom. The highest BCUT2D eigenvalue weighted by Crippen LogP contribution is 2.36. The molecule has 6 heteroatoms. The molecule has 4 nitrogen and oxygen atoms in total. The van der Waals surface area contributed by atoms with Crippen molar-refractivity contribution in [2.75, 3.05) is 5.75 Å². The van der Waals surface area contributed by atoms with E-state index in [-0.39, 0.29) is 5.25 Å². The van der Waals surface area contributed by atoms with Gasteiger partial charge in [-0.1, -0.05) is 73.0 Å². The number of thioether (sulfide) groups is 1. The summed E-state index contributed by atoms with van der Waals surface area (Å²) in [5, 5.41) is 22.0. The van der Waals surface area contributed by atoms with Crippen molar-refractivity contribution in [3.63, 3.8) is 0 Å². The van der Waals surface area contributed by atoms with Crippen LogP contribution >= 0.6 is 23.4 Å². The van der Waals surface area contributed by atoms with E-state index in [1.807, 2.05) is 67.6 Å². The lowest BCUT2D eigenvalue weighted by atomic mass is 9.90. The van der Waals surface area contributed by atoms with Gasteiger partial charge >= 0.3 is 5.97 Å². The molecule has 0 radical (unpaired) electrons. The first kappa shape index (κ1) is 29.7. The van der Waals surface area contributed by atoms with E-state index >= 15 is 0 Å². The molecule has 4 aromatic rings. The summed E-state index contributed by atoms with van der Waals surface area (Å²) in [5.41, 5.74) is 4.53. The summed E-state index contributed by atoms with van der Waals surface area (Å²) in [4.78, 5) is 16.4. The third-order valence-electron chi connectivity index (χ3n) is 6.94. The Morgan fingerprint density at radius 3 is 2.55 bits per heavy atom. The Hall–Kier alpha value is -3.30. The molecule has 0 bridgehead atoms. The average molecular weight is 572 g/mol. The number of hydrogen-bond acceptors (Lipinski definition) is 4. The van der Waals surface area contributed by atoms with Gasteiger partial charge in [0.25, 0.3) is 0 Å². The largest absolute Gasteiger partial charge is 0.481 e. The summed E-state index contributed by atoms with van der Waals surface area (Å²) in [5.74, 6) is 5.80. The van der Waals surface area contributed by atoms with Crippen molar-refractivity contribution in [3.05, 3.63) is 112 Å². The number of carbonyl (C=O) groups is 1. The van der Waals surface area contributed by atoms with Gasteiger partial charge in [0, 0.05) is 27.0 Å². The molecular formula is C34H34ClNO3S. The van der Waals surface area contributed by atoms with Gasteiger partial charge in [0.15, 0.2) is 0 Å². The van der Waals surface area contributed by atoms with Gasteiger partial charge in [-0.25, -0.2) is 4.98 Å². The first-order chi connectivity index (χ1) is 19.1. The first-order valence-corrected chi connectivity index (χ1v) is 14.9. The zero-order chi connectivity index (χ0) is 28.7. The molecule has 0 amide bonds. The van der Waals surface area contributed by atoms with Gasteiger partial charge in [-0.05, 0) is 86.1 Å². The molecule has 2 N–H and O–H groups in total. The highest BCUT2D eigenvalue weighted by atomic mass is 35.5. The summed E-state index contributed by atoms with van der Waals surface area (Å²) in [6.45, 7) is 5.52. The number of fused-ring (bicyclic) bond motifs is 1. The molecule has 2 unspecified atom stereocenters. The number of nitrogens with zero attached hydrogens (tertiary/aromatic N) is 1. The fraction of sp³-hybridized carbons (Fsp3) is 0.294. The smallest absolute Gasteiger partial charge is 0.307 e. The van der Waals surface area contributed by atoms with Crippen molar-refractivity contribution >= 4 is 40.2 Å². The molecule has 3 aromatic carbocycles. The van der Waals surface area contributed by atoms with Crippen molar-refractivity contribution < 1.29 is 15.0 Å². The summed E-state index contributed by atoms with van der Waals surface area (Å²) in [6, 6.07) is 25.6. The van der Waals surface area contributed by atoms with Crippen LogP contribution in [-0.4, -0.2) is 26.9 Å². The number of pyridine rings is 1. The van der Waals surface area contributed by atoms with E-state index in [1.54, 1.807) is 25.6 Å². The van der Waals surface area contributed by atoms with Crippen molar-refractivity contribution in [2.45, 2.75) is 50.9 Å². The third kappa shape index (κ3) is 7.88. The van der Waals surface area contributed by atoms with Gasteiger partial charge in [0.1, 0.15) is 5.69 Å². The zero-order valence-corrected chi connectivity index (χ0v) is 24.6. The number of aliphatic hydroxyl groups is 1. The lowest BCUT2D eigenvalue weighted by Gasteiger charge is -2.24. The van der Waals surface area contributed by atoms with Crippen LogP contribution in [0.25, 0.3) is 10.9 Å². The summed E-state index contributed by atoms with van der Waals surface area (Å²) in [6.07, 6.45) is 2.16. The van der Waals surface area contributed by atoms with E-state index in [0.717, 1.165) is 46.0 Å². The molecule has 0 saturated carbocycles. The Balaban J connectivity index is 1.59. The summed E-state index contributed by atoms with van der Waals surface area (Å²) < 4.78 is 0. The van der Waals surface area contributed by atoms with E-state index in [9.17, 15) is 15.0 Å². The van der Waals surface area contributed by atoms with Crippen LogP contribution in [0.15, 0.2) is 78.9 Å². The van der Waals surface area contributed by atoms with Crippen LogP contribution < -0.4 is 0 Å². The van der Waals surface area contributed by atoms with Crippen molar-refractivity contribution in [1.82, 2.24) is 4.98 Å². The van der Waals surface area contributed by atoms with Gasteiger partial charge in [0.2, 0.25) is 0 Å². The molecule has 1 heterocycles. The van der Waals surface area contributed by atoms with Crippen LogP contribution in [-0.2, 0) is 16.8 Å². The third-order valence-corrected chi connectivity index (χ3v) is 8.68. The fourth-order valence-electron chi connectivity index (χ4n) is 4.68. The highest BCUT2D eigenvalue weighted by Gasteiger charge is 2.22. The molecule has 0 saturated heterocycles. The van der Waals surface area contributed by atoms with E-state index in [1.165, 1.54) is 0 Å². The number of halogens is 1. The van der Waals surface area contributed by atoms with Crippen molar-refractivity contribution in [2.24, 2.45) is 5.92 Å². The number of rotatable bonds is 10. The molecule has 0 spiro atoms. The number of benzene rings is 3. The molecule has 0 aliphatic carbocycles. The number of aromatic nitrogens is 1. The second-order valence-electron chi connectivity index (χ2n) is 10.4. The van der Waals surface area contributed by atoms with Crippen LogP contribution in [0.3, 0.4) is 0 Å². The van der Waals surface area contributed by atoms with E-state index < -0.39 is 17.5 Å². The van der Waals surface area contributed by atoms with Crippen LogP contribution in [0.1, 0.15) is 66.8 Å². The number of aliphatic carboxylic acids is 1. The van der Waals surface area contributed by atoms with E-state index in [2.05, 4.69) is 35.0 Å². The minimum atomic E-state index is -0.937. The van der Waals surface area contributed by atoms with E-state index in [0.29, 0.717) is 22.9 Å². The minimum Gasteiger partial charge on any atom is -0.481 e. The minimum absolute atomic E-state index is 0.0750. The average Bonchev–Trinajstić information content (AvgIpc) is 2.93. The molecule has 0 aliphatic heterocycles. The topological polar surface area (TPSA) is 70.4 Å². The molecule has 206 valence electrons. The SMILES string of the molecule is CCC(CSC(CCc1ccccc1C(C)(C)O)c1cccc(C#Cc2ccc3ccc(Cl)cc3n2)c1)C(=O)O. The maximum Gasteiger partial charge on any atom is 0.307 e. The summed E-state index contributed by atoms with van der Waals surface area (Å²) >= 11 is 7.81. The number of aryl methyl sites for hydroxylation is 1. The Morgan fingerprint density at radius 2 is 1.80 bits per heavy atom. The van der Waals surface area contributed by atoms with E-state index in [4.69, 9.17) is 11.6 Å². The standard InChI is InChI=1S/C34H34ClNO3S/c1-4-24(33(37)38)22-40-32(19-15-25-9-5-6-11-30(25)34(2,3)39)27-10-7-8-23(20-27)12-17-29-18-14-26-13-16-28(35)21-31(26)36-29/h5-11,13-14,16,18,20-21,24,32,39H,4,15,19,22H2,1-3H3,(H,37,38). The quantitative estimate of drug-likeness (QED) is 0.188. The van der Waals surface area contributed by atoms with Crippen LogP contribution in [0.5, 0.6) is 0 Å². The van der Waals surface area contributed by atoms with Crippen molar-refractivity contribution in [3.8, 4) is 11.8 Å². The predicted molar refractivity (Wildman–Crippen MR) is 166 cm³/mol. The summed E-state index contributed by atoms with van der Waals surface area (Å²) in [7, 11) is 0. The Bertz CT molecular complexity index is 1550. The molecule has 0 fully saturated rings. The van der Waals surface area contributed by atoms with Crippen LogP contribution in [0.2, 0.25) is 5.02 Å². The number of carboxylic acid groups (broad SMARTS) is 1. The van der Waals surface area contributed by atoms with Gasteiger partial charge in [0.05, 0.1) is 17.0 Å². The maximum atomic E-state index is 11.7. The molecule has 40 heavy (non-hydrogen) atoms. The normalized spacial score (nSPS) is 12.9. The van der Waals surface area contributed by atoms with Crippen LogP contribution in [0, 0.1) is 17.8 Å². The first-order valence-electron chi connectivity index (χ1n) is 13.5. The molecule has 0 aliphatic rings. The number of carboxylic acids is 1. The monoisotopic (exact) mass is 571 g/mol. The van der Waals surface area contributed by atoms with Gasteiger partial charge in [-0.15, -0.1) is 0 Å². The molecule has 4 rings (SSSR count). The maximum absolute atomic E-state index is 11.7. The number of hydrogen-bond donors (Lipinski definition) is 2. The second kappa shape index (κ2) is 13.4. The van der Waals surface area contributed by atoms with Gasteiger partial charge in [-0.3, -0.25) is 4.79 Å². The van der Waals surface area contributed by atoms with Crippen LogP contribution in [0.4, 0.5) is 0 Å². The fourth-order valence-corrected chi connectivity index (χ4v) is 6.31.